The van der Waals surface area contributed by atoms with Crippen LogP contribution in [0.15, 0.2) is 30.9 Å². The number of esters is 1. The van der Waals surface area contributed by atoms with Gasteiger partial charge in [0, 0.05) is 12.0 Å². The maximum Gasteiger partial charge on any atom is 0.485 e. The molecule has 24 heavy (non-hydrogen) atoms. The Hall–Kier alpha value is -1.88. The van der Waals surface area contributed by atoms with E-state index in [0.29, 0.717) is 12.2 Å². The molecule has 7 nitrogen and oxygen atoms in total. The van der Waals surface area contributed by atoms with Crippen LogP contribution in [0.1, 0.15) is 20.3 Å². The summed E-state index contributed by atoms with van der Waals surface area (Å²) in [4.78, 5) is 11.1. The van der Waals surface area contributed by atoms with Crippen molar-refractivity contribution >= 4 is 16.1 Å². The number of carbonyl (C=O) groups is 1. The third-order valence-corrected chi connectivity index (χ3v) is 3.10. The molecule has 0 radical (unpaired) electrons. The van der Waals surface area contributed by atoms with Crippen LogP contribution in [-0.4, -0.2) is 35.6 Å². The fourth-order valence-corrected chi connectivity index (χ4v) is 1.29. The molecular formula is C13H19F3N2O5S. The van der Waals surface area contributed by atoms with Crippen molar-refractivity contribution in [3.63, 3.8) is 0 Å². The molecule has 0 aliphatic carbocycles. The maximum absolute atomic E-state index is 11.1. The minimum Gasteiger partial charge on any atom is -0.741 e. The van der Waals surface area contributed by atoms with Crippen LogP contribution in [0.5, 0.6) is 0 Å². The highest BCUT2D eigenvalue weighted by Gasteiger charge is 2.36. The van der Waals surface area contributed by atoms with E-state index in [1.165, 1.54) is 0 Å². The predicted molar refractivity (Wildman–Crippen MR) is 76.4 cm³/mol. The maximum atomic E-state index is 11.1. The topological polar surface area (TPSA) is 92.3 Å². The first-order valence-electron chi connectivity index (χ1n) is 6.78. The van der Waals surface area contributed by atoms with Crippen molar-refractivity contribution in [3.8, 4) is 0 Å². The third-order valence-electron chi connectivity index (χ3n) is 2.54. The molecule has 0 saturated carbocycles. The Bertz CT molecular complexity index is 653. The third kappa shape index (κ3) is 8.67. The number of carbonyl (C=O) groups excluding carboxylic acids is 1. The first-order valence-corrected chi connectivity index (χ1v) is 8.19. The van der Waals surface area contributed by atoms with Crippen molar-refractivity contribution in [3.05, 3.63) is 30.9 Å². The predicted octanol–water partition coefficient (Wildman–Crippen LogP) is 1.36. The molecule has 1 aromatic rings. The van der Waals surface area contributed by atoms with Gasteiger partial charge < -0.3 is 9.29 Å². The molecule has 0 bridgehead atoms. The number of halogens is 3. The van der Waals surface area contributed by atoms with Crippen LogP contribution >= 0.6 is 0 Å². The van der Waals surface area contributed by atoms with Crippen LogP contribution in [0.2, 0.25) is 0 Å². The summed E-state index contributed by atoms with van der Waals surface area (Å²) in [5.74, 6) is -0.309. The van der Waals surface area contributed by atoms with E-state index in [1.54, 1.807) is 6.92 Å². The van der Waals surface area contributed by atoms with Crippen LogP contribution in [0.4, 0.5) is 13.2 Å². The SMILES string of the molecule is C=C(C)C(=O)OCCC[n+]1ccn(CC)c1.O=S(=O)([O-])C(F)(F)F. The zero-order valence-electron chi connectivity index (χ0n) is 13.2. The summed E-state index contributed by atoms with van der Waals surface area (Å²) in [7, 11) is -6.09. The summed E-state index contributed by atoms with van der Waals surface area (Å²) in [5, 5.41) is 0. The molecule has 0 aliphatic heterocycles. The second kappa shape index (κ2) is 9.42. The summed E-state index contributed by atoms with van der Waals surface area (Å²) in [6.45, 7) is 9.54. The minimum absolute atomic E-state index is 0.309. The van der Waals surface area contributed by atoms with Gasteiger partial charge in [0.1, 0.15) is 12.4 Å². The number of hydrogen-bond donors (Lipinski definition) is 0. The number of aryl methyl sites for hydroxylation is 2. The second-order valence-corrected chi connectivity index (χ2v) is 6.02. The second-order valence-electron chi connectivity index (χ2n) is 4.65. The standard InChI is InChI=1S/C12H19N2O2.CHF3O3S/c1-4-13-7-8-14(10-13)6-5-9-16-12(15)11(2)3;2-1(3,4)8(5,6)7/h7-8,10H,2,4-6,9H2,1,3H3;(H,5,6,7)/q+1;/p-1. The summed E-state index contributed by atoms with van der Waals surface area (Å²) >= 11 is 0. The van der Waals surface area contributed by atoms with E-state index in [9.17, 15) is 18.0 Å². The van der Waals surface area contributed by atoms with Gasteiger partial charge in [0.15, 0.2) is 10.1 Å². The van der Waals surface area contributed by atoms with E-state index in [1.807, 2.05) is 18.7 Å². The Morgan fingerprint density at radius 3 is 2.33 bits per heavy atom. The van der Waals surface area contributed by atoms with Crippen molar-refractivity contribution in [2.45, 2.75) is 38.9 Å². The Kier molecular flexibility index (Phi) is 8.69. The number of alkyl halides is 3. The average Bonchev–Trinajstić information content (AvgIpc) is 2.89. The summed E-state index contributed by atoms with van der Waals surface area (Å²) < 4.78 is 68.1. The van der Waals surface area contributed by atoms with Gasteiger partial charge in [-0.15, -0.1) is 0 Å². The number of ether oxygens (including phenoxy) is 1. The zero-order valence-corrected chi connectivity index (χ0v) is 14.1. The van der Waals surface area contributed by atoms with Crippen LogP contribution < -0.4 is 4.57 Å². The van der Waals surface area contributed by atoms with Gasteiger partial charge >= 0.3 is 11.5 Å². The van der Waals surface area contributed by atoms with E-state index in [4.69, 9.17) is 17.7 Å². The van der Waals surface area contributed by atoms with Crippen LogP contribution in [-0.2, 0) is 32.7 Å². The fraction of sp³-hybridized carbons (Fsp3) is 0.538. The highest BCUT2D eigenvalue weighted by atomic mass is 32.2. The highest BCUT2D eigenvalue weighted by Crippen LogP contribution is 2.20. The number of hydrogen-bond acceptors (Lipinski definition) is 5. The van der Waals surface area contributed by atoms with E-state index >= 15 is 0 Å². The molecule has 0 N–H and O–H groups in total. The van der Waals surface area contributed by atoms with E-state index in [2.05, 4.69) is 22.6 Å². The number of aromatic nitrogens is 2. The molecule has 0 aliphatic rings. The molecule has 138 valence electrons. The lowest BCUT2D eigenvalue weighted by molar-refractivity contribution is -0.697. The molecule has 0 spiro atoms. The van der Waals surface area contributed by atoms with Crippen molar-refractivity contribution in [1.82, 2.24) is 4.57 Å². The van der Waals surface area contributed by atoms with Crippen LogP contribution in [0.3, 0.4) is 0 Å². The molecule has 11 heteroatoms. The van der Waals surface area contributed by atoms with E-state index < -0.39 is 15.6 Å². The molecule has 0 aromatic carbocycles. The quantitative estimate of drug-likeness (QED) is 0.188. The molecule has 0 fully saturated rings. The Morgan fingerprint density at radius 2 is 1.96 bits per heavy atom. The van der Waals surface area contributed by atoms with Crippen molar-refractivity contribution < 1.29 is 40.2 Å². The molecule has 1 heterocycles. The van der Waals surface area contributed by atoms with E-state index in [0.717, 1.165) is 19.5 Å². The number of nitrogens with zero attached hydrogens (tertiary/aromatic N) is 2. The molecule has 1 rings (SSSR count). The first kappa shape index (κ1) is 22.1. The van der Waals surface area contributed by atoms with E-state index in [-0.39, 0.29) is 5.97 Å². The van der Waals surface area contributed by atoms with Gasteiger partial charge in [0.25, 0.3) is 0 Å². The smallest absolute Gasteiger partial charge is 0.485 e. The Morgan fingerprint density at radius 1 is 1.42 bits per heavy atom. The zero-order chi connectivity index (χ0) is 19.0. The fourth-order valence-electron chi connectivity index (χ4n) is 1.29. The highest BCUT2D eigenvalue weighted by molar-refractivity contribution is 7.86. The van der Waals surface area contributed by atoms with Gasteiger partial charge in [-0.25, -0.2) is 22.3 Å². The molecule has 0 atom stereocenters. The summed E-state index contributed by atoms with van der Waals surface area (Å²) in [6, 6.07) is 0. The molecule has 1 aromatic heterocycles. The lowest BCUT2D eigenvalue weighted by atomic mass is 10.3. The number of rotatable bonds is 6. The Labute approximate surface area is 138 Å². The molecule has 0 unspecified atom stereocenters. The lowest BCUT2D eigenvalue weighted by Gasteiger charge is -2.08. The normalized spacial score (nSPS) is 11.4. The molecule has 0 amide bonds. The Balaban J connectivity index is 0.000000561. The van der Waals surface area contributed by atoms with Gasteiger partial charge in [-0.3, -0.25) is 0 Å². The van der Waals surface area contributed by atoms with Crippen molar-refractivity contribution in [2.75, 3.05) is 6.61 Å². The van der Waals surface area contributed by atoms with Crippen molar-refractivity contribution in [2.24, 2.45) is 0 Å². The van der Waals surface area contributed by atoms with Crippen LogP contribution in [0.25, 0.3) is 0 Å². The van der Waals surface area contributed by atoms with Gasteiger partial charge in [0.05, 0.1) is 19.7 Å². The van der Waals surface area contributed by atoms with Gasteiger partial charge in [-0.1, -0.05) is 6.58 Å². The van der Waals surface area contributed by atoms with Crippen molar-refractivity contribution in [1.29, 1.82) is 0 Å². The average molecular weight is 372 g/mol. The first-order chi connectivity index (χ1) is 10.9. The molecular weight excluding hydrogens is 353 g/mol. The monoisotopic (exact) mass is 372 g/mol. The van der Waals surface area contributed by atoms with Gasteiger partial charge in [-0.2, -0.15) is 13.2 Å². The minimum atomic E-state index is -6.09. The van der Waals surface area contributed by atoms with Gasteiger partial charge in [0.2, 0.25) is 6.33 Å². The van der Waals surface area contributed by atoms with Gasteiger partial charge in [-0.05, 0) is 13.8 Å². The lowest BCUT2D eigenvalue weighted by Crippen LogP contribution is -2.31. The largest absolute Gasteiger partial charge is 0.741 e. The van der Waals surface area contributed by atoms with Crippen LogP contribution in [0, 0.1) is 0 Å². The molecule has 0 saturated heterocycles. The number of imidazole rings is 1. The summed E-state index contributed by atoms with van der Waals surface area (Å²) in [5.41, 5.74) is -5.20. The summed E-state index contributed by atoms with van der Waals surface area (Å²) in [6.07, 6.45) is 6.90.